The van der Waals surface area contributed by atoms with Crippen molar-refractivity contribution in [2.75, 3.05) is 31.1 Å². The van der Waals surface area contributed by atoms with Crippen LogP contribution in [0.2, 0.25) is 5.02 Å². The molecule has 1 fully saturated rings. The second kappa shape index (κ2) is 7.74. The van der Waals surface area contributed by atoms with E-state index in [0.29, 0.717) is 32.0 Å². The third-order valence-electron chi connectivity index (χ3n) is 4.88. The number of hydrogen-bond acceptors (Lipinski definition) is 6. The molecule has 0 unspecified atom stereocenters. The lowest BCUT2D eigenvalue weighted by atomic mass is 10.3. The van der Waals surface area contributed by atoms with E-state index >= 15 is 0 Å². The molecule has 1 aromatic carbocycles. The van der Waals surface area contributed by atoms with E-state index in [1.807, 2.05) is 26.0 Å². The molecule has 0 N–H and O–H groups in total. The van der Waals surface area contributed by atoms with Crippen LogP contribution in [0.15, 0.2) is 47.6 Å². The molecular formula is C19H21ClN6O2S. The van der Waals surface area contributed by atoms with Gasteiger partial charge in [0, 0.05) is 37.9 Å². The number of aryl methyl sites for hydroxylation is 2. The highest BCUT2D eigenvalue weighted by Gasteiger charge is 2.30. The van der Waals surface area contributed by atoms with E-state index in [0.717, 1.165) is 17.2 Å². The van der Waals surface area contributed by atoms with Crippen molar-refractivity contribution < 1.29 is 8.42 Å². The van der Waals surface area contributed by atoms with Crippen molar-refractivity contribution in [2.24, 2.45) is 0 Å². The maximum atomic E-state index is 12.9. The molecule has 0 spiro atoms. The van der Waals surface area contributed by atoms with Crippen LogP contribution in [0.1, 0.15) is 11.4 Å². The number of hydrogen-bond donors (Lipinski definition) is 0. The van der Waals surface area contributed by atoms with Gasteiger partial charge in [-0.25, -0.2) is 23.1 Å². The Hall–Kier alpha value is -2.49. The van der Waals surface area contributed by atoms with Crippen molar-refractivity contribution in [3.8, 4) is 5.82 Å². The van der Waals surface area contributed by atoms with Gasteiger partial charge in [0.05, 0.1) is 10.7 Å². The SMILES string of the molecule is Cc1cc(C)n(-c2cc(N3CCN(S(=O)(=O)c4ccccc4Cl)CC3)ncn2)n1. The number of piperazine rings is 1. The number of halogens is 1. The minimum Gasteiger partial charge on any atom is -0.354 e. The summed E-state index contributed by atoms with van der Waals surface area (Å²) in [4.78, 5) is 10.9. The summed E-state index contributed by atoms with van der Waals surface area (Å²) in [5, 5.41) is 4.70. The zero-order valence-electron chi connectivity index (χ0n) is 16.2. The Morgan fingerprint density at radius 3 is 2.31 bits per heavy atom. The van der Waals surface area contributed by atoms with Gasteiger partial charge in [-0.1, -0.05) is 23.7 Å². The van der Waals surface area contributed by atoms with Crippen LogP contribution in [-0.2, 0) is 10.0 Å². The molecule has 1 aliphatic rings. The van der Waals surface area contributed by atoms with Crippen LogP contribution >= 0.6 is 11.6 Å². The molecule has 0 saturated carbocycles. The van der Waals surface area contributed by atoms with Gasteiger partial charge in [0.2, 0.25) is 10.0 Å². The lowest BCUT2D eigenvalue weighted by Gasteiger charge is -2.34. The second-order valence-corrected chi connectivity index (χ2v) is 9.21. The average molecular weight is 433 g/mol. The topological polar surface area (TPSA) is 84.2 Å². The molecule has 2 aromatic heterocycles. The van der Waals surface area contributed by atoms with Crippen LogP contribution in [0, 0.1) is 13.8 Å². The first-order valence-corrected chi connectivity index (χ1v) is 11.0. The predicted molar refractivity (Wildman–Crippen MR) is 111 cm³/mol. The second-order valence-electron chi connectivity index (χ2n) is 6.89. The van der Waals surface area contributed by atoms with Gasteiger partial charge in [0.1, 0.15) is 17.0 Å². The third-order valence-corrected chi connectivity index (χ3v) is 7.28. The van der Waals surface area contributed by atoms with Gasteiger partial charge >= 0.3 is 0 Å². The summed E-state index contributed by atoms with van der Waals surface area (Å²) >= 11 is 6.10. The molecule has 0 bridgehead atoms. The van der Waals surface area contributed by atoms with E-state index in [1.165, 1.54) is 16.7 Å². The molecule has 1 aliphatic heterocycles. The number of benzene rings is 1. The Kier molecular flexibility index (Phi) is 5.28. The van der Waals surface area contributed by atoms with Crippen LogP contribution in [-0.4, -0.2) is 58.7 Å². The van der Waals surface area contributed by atoms with Crippen molar-refractivity contribution in [3.63, 3.8) is 0 Å². The van der Waals surface area contributed by atoms with Crippen molar-refractivity contribution >= 4 is 27.4 Å². The molecule has 152 valence electrons. The Morgan fingerprint density at radius 2 is 1.66 bits per heavy atom. The molecular weight excluding hydrogens is 412 g/mol. The highest BCUT2D eigenvalue weighted by molar-refractivity contribution is 7.89. The van der Waals surface area contributed by atoms with E-state index in [-0.39, 0.29) is 9.92 Å². The highest BCUT2D eigenvalue weighted by Crippen LogP contribution is 2.26. The van der Waals surface area contributed by atoms with Crippen LogP contribution < -0.4 is 4.90 Å². The largest absolute Gasteiger partial charge is 0.354 e. The fourth-order valence-corrected chi connectivity index (χ4v) is 5.35. The zero-order valence-corrected chi connectivity index (χ0v) is 17.7. The summed E-state index contributed by atoms with van der Waals surface area (Å²) in [6.45, 7) is 5.67. The minimum absolute atomic E-state index is 0.143. The molecule has 3 aromatic rings. The summed E-state index contributed by atoms with van der Waals surface area (Å²) < 4.78 is 29.1. The van der Waals surface area contributed by atoms with Crippen molar-refractivity contribution in [3.05, 3.63) is 59.1 Å². The summed E-state index contributed by atoms with van der Waals surface area (Å²) in [5.41, 5.74) is 1.91. The van der Waals surface area contributed by atoms with Gasteiger partial charge < -0.3 is 4.90 Å². The third kappa shape index (κ3) is 3.85. The molecule has 8 nitrogen and oxygen atoms in total. The van der Waals surface area contributed by atoms with Crippen LogP contribution in [0.3, 0.4) is 0 Å². The van der Waals surface area contributed by atoms with Crippen LogP contribution in [0.25, 0.3) is 5.82 Å². The molecule has 4 rings (SSSR count). The summed E-state index contributed by atoms with van der Waals surface area (Å²) in [7, 11) is -3.62. The van der Waals surface area contributed by atoms with Gasteiger partial charge in [-0.15, -0.1) is 0 Å². The first-order valence-electron chi connectivity index (χ1n) is 9.21. The zero-order chi connectivity index (χ0) is 20.6. The van der Waals surface area contributed by atoms with E-state index in [1.54, 1.807) is 22.9 Å². The molecule has 3 heterocycles. The Balaban J connectivity index is 1.51. The molecule has 0 atom stereocenters. The van der Waals surface area contributed by atoms with Crippen LogP contribution in [0.4, 0.5) is 5.82 Å². The number of sulfonamides is 1. The molecule has 29 heavy (non-hydrogen) atoms. The Morgan fingerprint density at radius 1 is 0.966 bits per heavy atom. The minimum atomic E-state index is -3.62. The maximum absolute atomic E-state index is 12.9. The molecule has 10 heteroatoms. The number of rotatable bonds is 4. The number of nitrogens with zero attached hydrogens (tertiary/aromatic N) is 6. The van der Waals surface area contributed by atoms with E-state index in [9.17, 15) is 8.42 Å². The van der Waals surface area contributed by atoms with Gasteiger partial charge in [0.25, 0.3) is 0 Å². The van der Waals surface area contributed by atoms with E-state index in [2.05, 4.69) is 20.0 Å². The van der Waals surface area contributed by atoms with Crippen molar-refractivity contribution in [2.45, 2.75) is 18.7 Å². The van der Waals surface area contributed by atoms with Gasteiger partial charge in [-0.2, -0.15) is 9.40 Å². The summed E-state index contributed by atoms with van der Waals surface area (Å²) in [5.74, 6) is 1.43. The molecule has 0 amide bonds. The predicted octanol–water partition coefficient (Wildman–Crippen LogP) is 2.44. The average Bonchev–Trinajstić information content (AvgIpc) is 3.06. The van der Waals surface area contributed by atoms with Crippen molar-refractivity contribution in [1.29, 1.82) is 0 Å². The van der Waals surface area contributed by atoms with E-state index in [4.69, 9.17) is 11.6 Å². The van der Waals surface area contributed by atoms with Crippen molar-refractivity contribution in [1.82, 2.24) is 24.1 Å². The Labute approximate surface area is 174 Å². The molecule has 0 radical (unpaired) electrons. The first kappa shape index (κ1) is 19.8. The van der Waals surface area contributed by atoms with Gasteiger partial charge in [0.15, 0.2) is 5.82 Å². The Bertz CT molecular complexity index is 1140. The lowest BCUT2D eigenvalue weighted by molar-refractivity contribution is 0.383. The standard InChI is InChI=1S/C19H21ClN6O2S/c1-14-11-15(2)26(23-14)19-12-18(21-13-22-19)24-7-9-25(10-8-24)29(27,28)17-6-4-3-5-16(17)20/h3-6,11-13H,7-10H2,1-2H3. The maximum Gasteiger partial charge on any atom is 0.244 e. The number of anilines is 1. The summed E-state index contributed by atoms with van der Waals surface area (Å²) in [6, 6.07) is 10.4. The van der Waals surface area contributed by atoms with Crippen LogP contribution in [0.5, 0.6) is 0 Å². The smallest absolute Gasteiger partial charge is 0.244 e. The molecule has 1 saturated heterocycles. The normalized spacial score (nSPS) is 15.6. The fourth-order valence-electron chi connectivity index (χ4n) is 3.44. The lowest BCUT2D eigenvalue weighted by Crippen LogP contribution is -2.49. The quantitative estimate of drug-likeness (QED) is 0.629. The molecule has 0 aliphatic carbocycles. The first-order chi connectivity index (χ1) is 13.9. The van der Waals surface area contributed by atoms with Gasteiger partial charge in [-0.05, 0) is 32.0 Å². The highest BCUT2D eigenvalue weighted by atomic mass is 35.5. The monoisotopic (exact) mass is 432 g/mol. The van der Waals surface area contributed by atoms with E-state index < -0.39 is 10.0 Å². The summed E-state index contributed by atoms with van der Waals surface area (Å²) in [6.07, 6.45) is 1.51. The fraction of sp³-hybridized carbons (Fsp3) is 0.316. The van der Waals surface area contributed by atoms with Gasteiger partial charge in [-0.3, -0.25) is 0 Å². The number of aromatic nitrogens is 4.